The van der Waals surface area contributed by atoms with Crippen LogP contribution in [0.4, 0.5) is 18.0 Å². The normalized spacial score (nSPS) is 15.3. The van der Waals surface area contributed by atoms with Crippen molar-refractivity contribution in [1.82, 2.24) is 15.5 Å². The molecule has 0 bridgehead atoms. The van der Waals surface area contributed by atoms with E-state index in [2.05, 4.69) is 20.6 Å². The van der Waals surface area contributed by atoms with E-state index in [9.17, 15) is 18.0 Å². The van der Waals surface area contributed by atoms with E-state index in [0.717, 1.165) is 75.8 Å². The summed E-state index contributed by atoms with van der Waals surface area (Å²) in [7, 11) is 0. The number of nitrogens with one attached hydrogen (secondary N) is 2. The van der Waals surface area contributed by atoms with E-state index < -0.39 is 12.1 Å². The van der Waals surface area contributed by atoms with Crippen molar-refractivity contribution < 1.29 is 32.6 Å². The molecule has 0 aromatic heterocycles. The van der Waals surface area contributed by atoms with Gasteiger partial charge in [-0.25, -0.2) is 19.6 Å². The Kier molecular flexibility index (Phi) is 18.7. The average Bonchev–Trinajstić information content (AvgIpc) is 2.95. The lowest BCUT2D eigenvalue weighted by molar-refractivity contribution is -0.192. The highest BCUT2D eigenvalue weighted by atomic mass is 19.4. The van der Waals surface area contributed by atoms with Gasteiger partial charge in [0.1, 0.15) is 5.75 Å². The summed E-state index contributed by atoms with van der Waals surface area (Å²) in [5, 5.41) is 13.0. The number of carboxylic acid groups (broad SMARTS) is 1. The number of allylic oxidation sites excluding steroid dienone is 1. The number of hydrogen-bond acceptors (Lipinski definition) is 6. The van der Waals surface area contributed by atoms with E-state index in [1.54, 1.807) is 0 Å². The van der Waals surface area contributed by atoms with Gasteiger partial charge in [-0.3, -0.25) is 5.32 Å². The molecule has 0 atom stereocenters. The third kappa shape index (κ3) is 18.2. The molecule has 2 rings (SSSR count). The molecule has 0 saturated carbocycles. The number of fused-ring (bicyclic) bond motifs is 1. The Morgan fingerprint density at radius 2 is 1.84 bits per heavy atom. The van der Waals surface area contributed by atoms with Crippen LogP contribution < -0.4 is 26.8 Å². The summed E-state index contributed by atoms with van der Waals surface area (Å²) in [5.41, 5.74) is 12.8. The van der Waals surface area contributed by atoms with E-state index >= 15 is 0 Å². The minimum atomic E-state index is -5.08. The minimum absolute atomic E-state index is 0.137. The quantitative estimate of drug-likeness (QED) is 0.106. The summed E-state index contributed by atoms with van der Waals surface area (Å²) in [4.78, 5) is 32.1. The van der Waals surface area contributed by atoms with Gasteiger partial charge >= 0.3 is 18.2 Å². The third-order valence-corrected chi connectivity index (χ3v) is 6.25. The molecule has 1 aromatic rings. The van der Waals surface area contributed by atoms with Gasteiger partial charge in [-0.15, -0.1) is 0 Å². The molecule has 1 aromatic carbocycles. The average molecular weight is 614 g/mol. The zero-order chi connectivity index (χ0) is 31.9. The van der Waals surface area contributed by atoms with Crippen LogP contribution in [0.2, 0.25) is 0 Å². The van der Waals surface area contributed by atoms with Crippen molar-refractivity contribution in [3.05, 3.63) is 42.0 Å². The molecule has 1 aliphatic rings. The number of para-hydroxylation sites is 1. The van der Waals surface area contributed by atoms with Gasteiger partial charge in [-0.2, -0.15) is 13.2 Å². The van der Waals surface area contributed by atoms with E-state index in [1.165, 1.54) is 6.42 Å². The number of halogens is 3. The number of carbonyl (C=O) groups excluding carboxylic acids is 1. The van der Waals surface area contributed by atoms with Crippen molar-refractivity contribution in [2.75, 3.05) is 32.8 Å². The molecule has 0 unspecified atom stereocenters. The number of ether oxygens (including phenoxy) is 1. The SMILES string of the molecule is C/C=C/CN=C(N)NCCCCCCCCN1CCCCCOc2ccccc2CN=C(N)NC1=O.O=C(O)C(F)(F)F. The Morgan fingerprint density at radius 3 is 2.53 bits per heavy atom. The summed E-state index contributed by atoms with van der Waals surface area (Å²) in [6.07, 6.45) is 8.36. The molecule has 1 aliphatic heterocycles. The maximum absolute atomic E-state index is 12.8. The number of urea groups is 1. The number of alkyl halides is 3. The van der Waals surface area contributed by atoms with Crippen LogP contribution in [0.5, 0.6) is 5.75 Å². The summed E-state index contributed by atoms with van der Waals surface area (Å²) in [5.74, 6) is -1.29. The standard InChI is InChI=1S/C27H45N7O2.C2HF3O2/c1-2-3-17-30-25(28)31-18-11-6-4-5-7-12-19-34-20-13-8-14-21-36-24-16-10-9-15-23(24)22-32-26(29)33-27(34)35;3-2(4,5)1(6)7/h2-3,9-10,15-16H,4-8,11-14,17-22H2,1H3,(H3,28,30,31)(H3,29,32,33,35);(H,6,7)/b3-2+;. The molecule has 0 spiro atoms. The Morgan fingerprint density at radius 1 is 1.16 bits per heavy atom. The lowest BCUT2D eigenvalue weighted by Gasteiger charge is -2.23. The van der Waals surface area contributed by atoms with Crippen molar-refractivity contribution in [2.24, 2.45) is 21.5 Å². The number of benzene rings is 1. The number of carbonyl (C=O) groups is 2. The molecular weight excluding hydrogens is 567 g/mol. The second-order valence-corrected chi connectivity index (χ2v) is 9.78. The van der Waals surface area contributed by atoms with Crippen molar-refractivity contribution in [3.8, 4) is 5.75 Å². The summed E-state index contributed by atoms with van der Waals surface area (Å²) in [6, 6.07) is 7.65. The van der Waals surface area contributed by atoms with Crippen molar-refractivity contribution >= 4 is 23.9 Å². The van der Waals surface area contributed by atoms with Crippen LogP contribution in [0, 0.1) is 0 Å². The second kappa shape index (κ2) is 21.7. The number of guanidine groups is 2. The van der Waals surface area contributed by atoms with Gasteiger partial charge in [0.05, 0.1) is 19.7 Å². The first-order valence-corrected chi connectivity index (χ1v) is 14.6. The van der Waals surface area contributed by atoms with Crippen LogP contribution in [-0.4, -0.2) is 72.9 Å². The Hall–Kier alpha value is -3.97. The Labute approximate surface area is 251 Å². The molecule has 0 saturated heterocycles. The zero-order valence-electron chi connectivity index (χ0n) is 24.9. The van der Waals surface area contributed by atoms with Crippen LogP contribution in [0.25, 0.3) is 0 Å². The number of nitrogens with zero attached hydrogens (tertiary/aromatic N) is 3. The summed E-state index contributed by atoms with van der Waals surface area (Å²) in [6.45, 7) is 5.89. The number of hydrogen-bond donors (Lipinski definition) is 5. The molecule has 0 aliphatic carbocycles. The second-order valence-electron chi connectivity index (χ2n) is 9.78. The summed E-state index contributed by atoms with van der Waals surface area (Å²) < 4.78 is 37.7. The molecule has 11 nitrogen and oxygen atoms in total. The van der Waals surface area contributed by atoms with Gasteiger partial charge < -0.3 is 31.5 Å². The fraction of sp³-hybridized carbons (Fsp3) is 0.586. The fourth-order valence-electron chi connectivity index (χ4n) is 3.92. The predicted octanol–water partition coefficient (Wildman–Crippen LogP) is 4.53. The fourth-order valence-corrected chi connectivity index (χ4v) is 3.92. The Balaban J connectivity index is 0.00000117. The van der Waals surface area contributed by atoms with Crippen molar-refractivity contribution in [2.45, 2.75) is 77.4 Å². The van der Waals surface area contributed by atoms with Gasteiger partial charge in [-0.1, -0.05) is 56.0 Å². The molecule has 1 heterocycles. The minimum Gasteiger partial charge on any atom is -0.493 e. The highest BCUT2D eigenvalue weighted by molar-refractivity contribution is 5.95. The number of unbranched alkanes of at least 4 members (excludes halogenated alkanes) is 5. The van der Waals surface area contributed by atoms with Crippen molar-refractivity contribution in [3.63, 3.8) is 0 Å². The predicted molar refractivity (Wildman–Crippen MR) is 162 cm³/mol. The molecular formula is C29H46F3N7O4. The third-order valence-electron chi connectivity index (χ3n) is 6.25. The Bertz CT molecular complexity index is 1050. The summed E-state index contributed by atoms with van der Waals surface area (Å²) >= 11 is 0. The largest absolute Gasteiger partial charge is 0.493 e. The lowest BCUT2D eigenvalue weighted by Crippen LogP contribution is -2.46. The van der Waals surface area contributed by atoms with Crippen LogP contribution in [0.3, 0.4) is 0 Å². The van der Waals surface area contributed by atoms with Crippen LogP contribution in [-0.2, 0) is 11.3 Å². The first-order valence-electron chi connectivity index (χ1n) is 14.6. The molecule has 0 fully saturated rings. The number of aliphatic imine (C=N–C) groups is 2. The van der Waals surface area contributed by atoms with E-state index in [-0.39, 0.29) is 12.0 Å². The van der Waals surface area contributed by atoms with Crippen LogP contribution in [0.1, 0.15) is 70.3 Å². The lowest BCUT2D eigenvalue weighted by atomic mass is 10.1. The molecule has 7 N–H and O–H groups in total. The number of nitrogens with two attached hydrogens (primary N) is 2. The van der Waals surface area contributed by atoms with Crippen molar-refractivity contribution in [1.29, 1.82) is 0 Å². The maximum atomic E-state index is 12.8. The molecule has 0 radical (unpaired) electrons. The highest BCUT2D eigenvalue weighted by Gasteiger charge is 2.38. The zero-order valence-corrected chi connectivity index (χ0v) is 24.9. The monoisotopic (exact) mass is 613 g/mol. The van der Waals surface area contributed by atoms with Gasteiger partial charge in [0.25, 0.3) is 0 Å². The number of carboxylic acids is 1. The maximum Gasteiger partial charge on any atom is 0.490 e. The molecule has 43 heavy (non-hydrogen) atoms. The first kappa shape index (κ1) is 37.1. The van der Waals surface area contributed by atoms with Crippen LogP contribution >= 0.6 is 0 Å². The van der Waals surface area contributed by atoms with E-state index in [1.807, 2.05) is 48.2 Å². The van der Waals surface area contributed by atoms with E-state index in [0.29, 0.717) is 32.2 Å². The van der Waals surface area contributed by atoms with Gasteiger partial charge in [0.2, 0.25) is 0 Å². The van der Waals surface area contributed by atoms with E-state index in [4.69, 9.17) is 26.1 Å². The van der Waals surface area contributed by atoms with Crippen LogP contribution in [0.15, 0.2) is 46.4 Å². The van der Waals surface area contributed by atoms with Gasteiger partial charge in [0.15, 0.2) is 11.9 Å². The highest BCUT2D eigenvalue weighted by Crippen LogP contribution is 2.19. The molecule has 242 valence electrons. The van der Waals surface area contributed by atoms with Gasteiger partial charge in [0, 0.05) is 25.2 Å². The first-order chi connectivity index (χ1) is 20.5. The number of aliphatic carboxylic acids is 1. The molecule has 2 amide bonds. The smallest absolute Gasteiger partial charge is 0.490 e. The van der Waals surface area contributed by atoms with Gasteiger partial charge in [-0.05, 0) is 45.1 Å². The molecule has 14 heteroatoms. The topological polar surface area (TPSA) is 168 Å². The number of rotatable bonds is 11. The number of amides is 2.